The molecule has 302 valence electrons. The molecule has 0 N–H and O–H groups in total. The van der Waals surface area contributed by atoms with Crippen molar-refractivity contribution in [2.75, 3.05) is 0 Å². The molecule has 1 aliphatic rings. The molecular weight excluding hydrogens is 763 g/mol. The minimum atomic E-state index is -0.0505. The molecule has 0 saturated carbocycles. The highest BCUT2D eigenvalue weighted by Crippen LogP contribution is 2.52. The summed E-state index contributed by atoms with van der Waals surface area (Å²) in [6.45, 7) is 8.94. The molecule has 0 spiro atoms. The van der Waals surface area contributed by atoms with Crippen molar-refractivity contribution in [1.29, 1.82) is 0 Å². The summed E-state index contributed by atoms with van der Waals surface area (Å²) in [5, 5.41) is 5.75. The molecule has 0 fully saturated rings. The van der Waals surface area contributed by atoms with Gasteiger partial charge < -0.3 is 0 Å². The van der Waals surface area contributed by atoms with Gasteiger partial charge in [-0.15, -0.1) is 0 Å². The lowest BCUT2D eigenvalue weighted by Crippen LogP contribution is -2.14. The smallest absolute Gasteiger partial charge is 0.235 e. The van der Waals surface area contributed by atoms with Gasteiger partial charge >= 0.3 is 0 Å². The second-order valence-electron chi connectivity index (χ2n) is 17.3. The van der Waals surface area contributed by atoms with Crippen molar-refractivity contribution < 1.29 is 0 Å². The van der Waals surface area contributed by atoms with E-state index in [9.17, 15) is 0 Å². The van der Waals surface area contributed by atoms with Crippen LogP contribution in [0.3, 0.4) is 0 Å². The Morgan fingerprint density at radius 1 is 0.429 bits per heavy atom. The normalized spacial score (nSPS) is 12.6. The Hall–Kier alpha value is -7.62. The molecule has 2 aromatic heterocycles. The predicted octanol–water partition coefficient (Wildman–Crippen LogP) is 16.3. The van der Waals surface area contributed by atoms with Crippen LogP contribution in [0.5, 0.6) is 0 Å². The fourth-order valence-corrected chi connectivity index (χ4v) is 9.90. The average molecular weight is 810 g/mol. The van der Waals surface area contributed by atoms with Crippen molar-refractivity contribution in [3.8, 4) is 61.7 Å². The minimum absolute atomic E-state index is 0.0505. The van der Waals surface area contributed by atoms with Crippen LogP contribution in [-0.4, -0.2) is 14.5 Å². The van der Waals surface area contributed by atoms with Gasteiger partial charge in [0.05, 0.1) is 22.2 Å². The van der Waals surface area contributed by atoms with Crippen LogP contribution in [0.4, 0.5) is 0 Å². The minimum Gasteiger partial charge on any atom is -0.277 e. The van der Waals surface area contributed by atoms with Crippen LogP contribution in [0.2, 0.25) is 0 Å². The number of fused-ring (bicyclic) bond motifs is 8. The van der Waals surface area contributed by atoms with E-state index in [1.807, 2.05) is 0 Å². The van der Waals surface area contributed by atoms with Gasteiger partial charge in [0.1, 0.15) is 0 Å². The van der Waals surface area contributed by atoms with Crippen molar-refractivity contribution in [1.82, 2.24) is 14.5 Å². The van der Waals surface area contributed by atoms with Crippen LogP contribution in [0.15, 0.2) is 200 Å². The second kappa shape index (κ2) is 15.4. The van der Waals surface area contributed by atoms with Gasteiger partial charge in [-0.05, 0) is 91.2 Å². The van der Waals surface area contributed by atoms with Gasteiger partial charge in [-0.2, -0.15) is 0 Å². The molecule has 12 rings (SSSR count). The van der Waals surface area contributed by atoms with E-state index < -0.39 is 0 Å². The number of hydrogen-bond acceptors (Lipinski definition) is 2. The predicted molar refractivity (Wildman–Crippen MR) is 267 cm³/mol. The Morgan fingerprint density at radius 2 is 0.968 bits per heavy atom. The zero-order chi connectivity index (χ0) is 42.7. The third-order valence-corrected chi connectivity index (χ3v) is 12.8. The van der Waals surface area contributed by atoms with Gasteiger partial charge in [0.2, 0.25) is 5.95 Å². The van der Waals surface area contributed by atoms with E-state index in [2.05, 4.69) is 232 Å². The van der Waals surface area contributed by atoms with E-state index in [1.54, 1.807) is 0 Å². The third-order valence-electron chi connectivity index (χ3n) is 12.8. The Morgan fingerprint density at radius 3 is 1.75 bits per heavy atom. The zero-order valence-corrected chi connectivity index (χ0v) is 36.1. The van der Waals surface area contributed by atoms with Gasteiger partial charge in [-0.1, -0.05) is 204 Å². The van der Waals surface area contributed by atoms with Gasteiger partial charge in [0.15, 0.2) is 0 Å². The van der Waals surface area contributed by atoms with E-state index in [0.29, 0.717) is 5.95 Å². The summed E-state index contributed by atoms with van der Waals surface area (Å²) in [5.74, 6) is 0.652. The largest absolute Gasteiger partial charge is 0.277 e. The number of rotatable bonds is 5. The summed E-state index contributed by atoms with van der Waals surface area (Å²) in [6, 6.07) is 72.5. The first-order valence-corrected chi connectivity index (χ1v) is 22.2. The highest BCUT2D eigenvalue weighted by atomic mass is 15.2. The van der Waals surface area contributed by atoms with Crippen molar-refractivity contribution in [3.63, 3.8) is 0 Å². The quantitative estimate of drug-likeness (QED) is 0.173. The first kappa shape index (κ1) is 38.3. The average Bonchev–Trinajstić information content (AvgIpc) is 3.78. The van der Waals surface area contributed by atoms with Crippen LogP contribution in [-0.2, 0) is 5.41 Å². The fraction of sp³-hybridized carbons (Fsp3) is 0.100. The van der Waals surface area contributed by atoms with E-state index in [0.717, 1.165) is 44.3 Å². The van der Waals surface area contributed by atoms with Gasteiger partial charge in [0.25, 0.3) is 0 Å². The number of aromatic nitrogens is 3. The molecule has 0 aliphatic heterocycles. The van der Waals surface area contributed by atoms with Crippen LogP contribution >= 0.6 is 0 Å². The second-order valence-corrected chi connectivity index (χ2v) is 17.3. The van der Waals surface area contributed by atoms with Gasteiger partial charge in [-0.25, -0.2) is 9.97 Å². The summed E-state index contributed by atoms with van der Waals surface area (Å²) in [7, 11) is 0. The Bertz CT molecular complexity index is 3540. The summed E-state index contributed by atoms with van der Waals surface area (Å²) in [4.78, 5) is 10.8. The topological polar surface area (TPSA) is 30.7 Å². The van der Waals surface area contributed by atoms with Crippen molar-refractivity contribution in [2.45, 2.75) is 39.5 Å². The molecule has 0 atom stereocenters. The molecule has 0 radical (unpaired) electrons. The Kier molecular flexibility index (Phi) is 9.35. The summed E-state index contributed by atoms with van der Waals surface area (Å²) < 4.78 is 2.30. The zero-order valence-electron chi connectivity index (χ0n) is 36.1. The lowest BCUT2D eigenvalue weighted by Gasteiger charge is -2.21. The van der Waals surface area contributed by atoms with Gasteiger partial charge in [0, 0.05) is 32.7 Å². The molecule has 9 aromatic carbocycles. The van der Waals surface area contributed by atoms with Gasteiger partial charge in [-0.3, -0.25) is 4.57 Å². The number of para-hydroxylation sites is 2. The lowest BCUT2D eigenvalue weighted by molar-refractivity contribution is 0.660. The standard InChI is InChI=1S/C57H39N3.C3H8/c1-57(2)49-29-10-8-24-46(49)53-43(26-15-30-50(53)57)41-22-12-20-37(32-41)38-21-13-23-42(33-38)44-27-14-28-45-48-34-39-18-6-7-19-40(39)35-52(48)60(55(44)45)56-58-51-31-11-9-25-47(51)54(59-56)36-16-4-3-5-17-36;1-3-2/h3-35H,1-2H3;3H2,1-2H3. The SMILES string of the molecule is CC1(C)c2ccccc2-c2c(-c3cccc(-c4cccc(-c5cccc6c7cc8ccccc8cc7n(-c7nc(-c8ccccc8)c8ccccc8n7)c56)c4)c3)cccc21.CCC. The molecule has 0 amide bonds. The maximum Gasteiger partial charge on any atom is 0.235 e. The molecule has 3 heteroatoms. The molecule has 11 aromatic rings. The number of hydrogen-bond donors (Lipinski definition) is 0. The van der Waals surface area contributed by atoms with E-state index in [1.165, 1.54) is 72.5 Å². The molecule has 0 bridgehead atoms. The highest BCUT2D eigenvalue weighted by molar-refractivity contribution is 6.17. The van der Waals surface area contributed by atoms with Crippen molar-refractivity contribution >= 4 is 43.5 Å². The van der Waals surface area contributed by atoms with Crippen LogP contribution in [0, 0.1) is 0 Å². The van der Waals surface area contributed by atoms with Crippen LogP contribution < -0.4 is 0 Å². The summed E-state index contributed by atoms with van der Waals surface area (Å²) in [5.41, 5.74) is 17.6. The van der Waals surface area contributed by atoms with E-state index in [4.69, 9.17) is 9.97 Å². The molecule has 0 unspecified atom stereocenters. The first-order chi connectivity index (χ1) is 30.9. The Balaban J connectivity index is 0.00000144. The summed E-state index contributed by atoms with van der Waals surface area (Å²) in [6.07, 6.45) is 1.25. The van der Waals surface area contributed by atoms with Crippen molar-refractivity contribution in [2.24, 2.45) is 0 Å². The Labute approximate surface area is 369 Å². The number of benzene rings is 9. The van der Waals surface area contributed by atoms with E-state index >= 15 is 0 Å². The first-order valence-electron chi connectivity index (χ1n) is 22.2. The molecule has 0 saturated heterocycles. The van der Waals surface area contributed by atoms with Crippen LogP contribution in [0.25, 0.3) is 105 Å². The van der Waals surface area contributed by atoms with E-state index in [-0.39, 0.29) is 5.41 Å². The fourth-order valence-electron chi connectivity index (χ4n) is 9.90. The molecule has 63 heavy (non-hydrogen) atoms. The van der Waals surface area contributed by atoms with Crippen molar-refractivity contribution in [3.05, 3.63) is 211 Å². The third kappa shape index (κ3) is 6.34. The maximum atomic E-state index is 5.43. The molecule has 2 heterocycles. The summed E-state index contributed by atoms with van der Waals surface area (Å²) >= 11 is 0. The lowest BCUT2D eigenvalue weighted by atomic mass is 9.82. The maximum absolute atomic E-state index is 5.43. The molecule has 3 nitrogen and oxygen atoms in total. The molecule has 1 aliphatic carbocycles. The monoisotopic (exact) mass is 809 g/mol. The van der Waals surface area contributed by atoms with Crippen LogP contribution in [0.1, 0.15) is 45.2 Å². The number of nitrogens with zero attached hydrogens (tertiary/aromatic N) is 3. The molecular formula is C60H47N3. The highest BCUT2D eigenvalue weighted by Gasteiger charge is 2.36.